The third kappa shape index (κ3) is 4.46. The van der Waals surface area contributed by atoms with E-state index < -0.39 is 0 Å². The van der Waals surface area contributed by atoms with Crippen LogP contribution in [0.15, 0.2) is 54.6 Å². The Morgan fingerprint density at radius 1 is 0.821 bits per heavy atom. The second-order valence-electron chi connectivity index (χ2n) is 8.46. The smallest absolute Gasteiger partial charge is 0.123 e. The first-order valence-electron chi connectivity index (χ1n) is 11.0. The molecule has 1 heteroatoms. The van der Waals surface area contributed by atoms with Gasteiger partial charge in [0.2, 0.25) is 0 Å². The zero-order valence-corrected chi connectivity index (χ0v) is 17.0. The summed E-state index contributed by atoms with van der Waals surface area (Å²) < 4.78 is 13.5. The van der Waals surface area contributed by atoms with Crippen LogP contribution in [0, 0.1) is 5.82 Å². The van der Waals surface area contributed by atoms with E-state index in [1.54, 1.807) is 12.1 Å². The highest BCUT2D eigenvalue weighted by atomic mass is 19.1. The third-order valence-corrected chi connectivity index (χ3v) is 6.37. The summed E-state index contributed by atoms with van der Waals surface area (Å²) in [6, 6.07) is 19.3. The van der Waals surface area contributed by atoms with Crippen molar-refractivity contribution in [1.82, 2.24) is 0 Å². The molecule has 1 atom stereocenters. The van der Waals surface area contributed by atoms with Crippen molar-refractivity contribution in [2.24, 2.45) is 0 Å². The zero-order chi connectivity index (χ0) is 19.3. The van der Waals surface area contributed by atoms with Gasteiger partial charge in [-0.2, -0.15) is 0 Å². The Bertz CT molecular complexity index is 940. The Labute approximate surface area is 168 Å². The van der Waals surface area contributed by atoms with E-state index in [4.69, 9.17) is 0 Å². The van der Waals surface area contributed by atoms with Gasteiger partial charge in [0.15, 0.2) is 0 Å². The lowest BCUT2D eigenvalue weighted by atomic mass is 9.80. The molecule has 28 heavy (non-hydrogen) atoms. The number of rotatable bonds is 7. The predicted octanol–water partition coefficient (Wildman–Crippen LogP) is 7.76. The van der Waals surface area contributed by atoms with Gasteiger partial charge in [-0.25, -0.2) is 4.39 Å². The quantitative estimate of drug-likeness (QED) is 0.371. The Morgan fingerprint density at radius 2 is 1.64 bits per heavy atom. The van der Waals surface area contributed by atoms with Crippen LogP contribution in [0.5, 0.6) is 0 Å². The molecule has 0 spiro atoms. The number of unbranched alkanes of at least 4 members (excludes halogenated alkanes) is 4. The number of hydrogen-bond donors (Lipinski definition) is 0. The molecule has 1 unspecified atom stereocenters. The lowest BCUT2D eigenvalue weighted by Crippen LogP contribution is -2.13. The molecule has 0 radical (unpaired) electrons. The zero-order valence-electron chi connectivity index (χ0n) is 17.0. The standard InChI is InChI=1S/C27H31F/c1-2-3-4-5-6-7-20-8-9-22-17-23(11-10-21(22)16-20)24-12-13-26-19-27(28)15-14-25(26)18-24/h8-11,14-17,19,24H,2-7,12-13,18H2,1H3. The largest absolute Gasteiger partial charge is 0.207 e. The van der Waals surface area contributed by atoms with Crippen LogP contribution in [0.3, 0.4) is 0 Å². The molecule has 0 heterocycles. The summed E-state index contributed by atoms with van der Waals surface area (Å²) in [6.45, 7) is 2.27. The Morgan fingerprint density at radius 3 is 2.54 bits per heavy atom. The fourth-order valence-electron chi connectivity index (χ4n) is 4.66. The highest BCUT2D eigenvalue weighted by Gasteiger charge is 2.20. The molecule has 1 aliphatic carbocycles. The van der Waals surface area contributed by atoms with Crippen LogP contribution >= 0.6 is 0 Å². The molecule has 0 nitrogen and oxygen atoms in total. The van der Waals surface area contributed by atoms with E-state index in [9.17, 15) is 4.39 Å². The molecule has 0 fully saturated rings. The van der Waals surface area contributed by atoms with Crippen molar-refractivity contribution in [3.8, 4) is 0 Å². The van der Waals surface area contributed by atoms with Crippen molar-refractivity contribution in [1.29, 1.82) is 0 Å². The molecule has 146 valence electrons. The summed E-state index contributed by atoms with van der Waals surface area (Å²) in [6.07, 6.45) is 11.0. The number of benzene rings is 3. The molecule has 0 amide bonds. The average molecular weight is 375 g/mol. The summed E-state index contributed by atoms with van der Waals surface area (Å²) in [5.74, 6) is 0.435. The van der Waals surface area contributed by atoms with E-state index in [1.165, 1.54) is 71.6 Å². The van der Waals surface area contributed by atoms with Crippen LogP contribution in [0.1, 0.15) is 73.6 Å². The molecule has 3 aromatic rings. The van der Waals surface area contributed by atoms with Crippen LogP contribution < -0.4 is 0 Å². The maximum atomic E-state index is 13.5. The van der Waals surface area contributed by atoms with Gasteiger partial charge in [0.25, 0.3) is 0 Å². The first-order valence-corrected chi connectivity index (χ1v) is 11.0. The van der Waals surface area contributed by atoms with Gasteiger partial charge >= 0.3 is 0 Å². The fourth-order valence-corrected chi connectivity index (χ4v) is 4.66. The van der Waals surface area contributed by atoms with Crippen LogP contribution in [0.25, 0.3) is 10.8 Å². The Balaban J connectivity index is 1.45. The molecule has 0 bridgehead atoms. The minimum Gasteiger partial charge on any atom is -0.207 e. The first-order chi connectivity index (χ1) is 13.7. The number of aryl methyl sites for hydroxylation is 2. The van der Waals surface area contributed by atoms with Crippen molar-refractivity contribution in [2.45, 2.75) is 70.6 Å². The number of fused-ring (bicyclic) bond motifs is 2. The van der Waals surface area contributed by atoms with Crippen molar-refractivity contribution in [3.63, 3.8) is 0 Å². The van der Waals surface area contributed by atoms with E-state index in [2.05, 4.69) is 43.3 Å². The van der Waals surface area contributed by atoms with E-state index in [-0.39, 0.29) is 5.82 Å². The second kappa shape index (κ2) is 8.90. The van der Waals surface area contributed by atoms with Gasteiger partial charge in [0.05, 0.1) is 0 Å². The minimum absolute atomic E-state index is 0.107. The Kier molecular flexibility index (Phi) is 6.10. The summed E-state index contributed by atoms with van der Waals surface area (Å²) in [7, 11) is 0. The molecule has 0 aromatic heterocycles. The normalized spacial score (nSPS) is 16.3. The summed E-state index contributed by atoms with van der Waals surface area (Å²) >= 11 is 0. The van der Waals surface area contributed by atoms with Gasteiger partial charge in [-0.05, 0) is 83.2 Å². The minimum atomic E-state index is -0.107. The summed E-state index contributed by atoms with van der Waals surface area (Å²) in [4.78, 5) is 0. The lowest BCUT2D eigenvalue weighted by molar-refractivity contribution is 0.573. The van der Waals surface area contributed by atoms with E-state index in [0.29, 0.717) is 5.92 Å². The van der Waals surface area contributed by atoms with Crippen LogP contribution in [-0.2, 0) is 19.3 Å². The average Bonchev–Trinajstić information content (AvgIpc) is 2.73. The maximum absolute atomic E-state index is 13.5. The van der Waals surface area contributed by atoms with Crippen LogP contribution in [0.4, 0.5) is 4.39 Å². The topological polar surface area (TPSA) is 0 Å². The van der Waals surface area contributed by atoms with E-state index in [1.807, 2.05) is 6.07 Å². The van der Waals surface area contributed by atoms with Gasteiger partial charge in [-0.3, -0.25) is 0 Å². The SMILES string of the molecule is CCCCCCCc1ccc2cc(C3CCc4cc(F)ccc4C3)ccc2c1. The van der Waals surface area contributed by atoms with Crippen LogP contribution in [0.2, 0.25) is 0 Å². The number of hydrogen-bond acceptors (Lipinski definition) is 0. The highest BCUT2D eigenvalue weighted by Crippen LogP contribution is 2.34. The molecule has 0 N–H and O–H groups in total. The van der Waals surface area contributed by atoms with Gasteiger partial charge in [0.1, 0.15) is 5.82 Å². The second-order valence-corrected chi connectivity index (χ2v) is 8.46. The van der Waals surface area contributed by atoms with Crippen molar-refractivity contribution in [3.05, 3.63) is 82.7 Å². The van der Waals surface area contributed by atoms with Gasteiger partial charge in [-0.1, -0.05) is 75.1 Å². The van der Waals surface area contributed by atoms with Crippen LogP contribution in [-0.4, -0.2) is 0 Å². The maximum Gasteiger partial charge on any atom is 0.123 e. The van der Waals surface area contributed by atoms with Crippen molar-refractivity contribution in [2.75, 3.05) is 0 Å². The molecule has 0 aliphatic heterocycles. The van der Waals surface area contributed by atoms with E-state index in [0.717, 1.165) is 19.3 Å². The van der Waals surface area contributed by atoms with Crippen molar-refractivity contribution < 1.29 is 4.39 Å². The van der Waals surface area contributed by atoms with Crippen molar-refractivity contribution >= 4 is 10.8 Å². The van der Waals surface area contributed by atoms with Gasteiger partial charge in [0, 0.05) is 0 Å². The highest BCUT2D eigenvalue weighted by molar-refractivity contribution is 5.84. The molecule has 1 aliphatic rings. The molecule has 0 saturated heterocycles. The predicted molar refractivity (Wildman–Crippen MR) is 118 cm³/mol. The van der Waals surface area contributed by atoms with Gasteiger partial charge in [-0.15, -0.1) is 0 Å². The number of halogens is 1. The molecular weight excluding hydrogens is 343 g/mol. The van der Waals surface area contributed by atoms with Gasteiger partial charge < -0.3 is 0 Å². The summed E-state index contributed by atoms with van der Waals surface area (Å²) in [5, 5.41) is 2.70. The lowest BCUT2D eigenvalue weighted by Gasteiger charge is -2.25. The summed E-state index contributed by atoms with van der Waals surface area (Å²) in [5.41, 5.74) is 5.40. The molecular formula is C27H31F. The monoisotopic (exact) mass is 374 g/mol. The van der Waals surface area contributed by atoms with E-state index >= 15 is 0 Å². The molecule has 4 rings (SSSR count). The first kappa shape index (κ1) is 19.2. The third-order valence-electron chi connectivity index (χ3n) is 6.37. The molecule has 3 aromatic carbocycles. The fraction of sp³-hybridized carbons (Fsp3) is 0.407. The molecule has 0 saturated carbocycles. The Hall–Kier alpha value is -2.15.